The third-order valence-corrected chi connectivity index (χ3v) is 6.86. The van der Waals surface area contributed by atoms with Crippen molar-refractivity contribution in [1.29, 1.82) is 0 Å². The van der Waals surface area contributed by atoms with E-state index in [2.05, 4.69) is 15.0 Å². The zero-order valence-corrected chi connectivity index (χ0v) is 17.1. The number of rotatable bonds is 1. The van der Waals surface area contributed by atoms with E-state index in [4.69, 9.17) is 16.3 Å². The molecular formula is C17H17ClFN5O4S. The molecule has 0 spiro atoms. The first-order valence-corrected chi connectivity index (χ1v) is 11.1. The Hall–Kier alpha value is -2.11. The zero-order valence-electron chi connectivity index (χ0n) is 15.5. The van der Waals surface area contributed by atoms with Gasteiger partial charge in [-0.1, -0.05) is 11.6 Å². The third kappa shape index (κ3) is 2.63. The minimum atomic E-state index is -1.56. The minimum Gasteiger partial charge on any atom is -0.609 e. The van der Waals surface area contributed by atoms with Gasteiger partial charge in [0.05, 0.1) is 18.1 Å². The highest BCUT2D eigenvalue weighted by atomic mass is 35.5. The van der Waals surface area contributed by atoms with Crippen molar-refractivity contribution < 1.29 is 23.6 Å². The van der Waals surface area contributed by atoms with E-state index in [-0.39, 0.29) is 40.1 Å². The molecule has 5 atom stereocenters. The van der Waals surface area contributed by atoms with Gasteiger partial charge in [0, 0.05) is 17.7 Å². The number of carbonyl (C=O) groups is 1. The van der Waals surface area contributed by atoms with E-state index in [1.807, 2.05) is 11.8 Å². The summed E-state index contributed by atoms with van der Waals surface area (Å²) >= 11 is 4.40. The molecule has 12 heteroatoms. The van der Waals surface area contributed by atoms with E-state index in [1.165, 1.54) is 11.2 Å². The first kappa shape index (κ1) is 18.9. The van der Waals surface area contributed by atoms with Crippen LogP contribution in [0.4, 0.5) is 15.0 Å². The average molecular weight is 442 g/mol. The number of piperazine rings is 1. The van der Waals surface area contributed by atoms with Gasteiger partial charge in [-0.3, -0.25) is 4.90 Å². The highest BCUT2D eigenvalue weighted by Gasteiger charge is 2.53. The van der Waals surface area contributed by atoms with E-state index in [1.54, 1.807) is 0 Å². The summed E-state index contributed by atoms with van der Waals surface area (Å²) in [6, 6.07) is -0.887. The summed E-state index contributed by atoms with van der Waals surface area (Å²) in [5, 5.41) is 9.54. The van der Waals surface area contributed by atoms with Crippen LogP contribution in [0.3, 0.4) is 0 Å². The smallest absolute Gasteiger partial charge is 0.407 e. The fourth-order valence-corrected chi connectivity index (χ4v) is 5.42. The summed E-state index contributed by atoms with van der Waals surface area (Å²) in [6.45, 7) is 2.19. The van der Waals surface area contributed by atoms with E-state index in [0.29, 0.717) is 18.8 Å². The monoisotopic (exact) mass is 441 g/mol. The lowest BCUT2D eigenvalue weighted by atomic mass is 9.98. The molecule has 1 amide bonds. The molecule has 0 aliphatic carbocycles. The molecule has 2 aromatic heterocycles. The van der Waals surface area contributed by atoms with Crippen molar-refractivity contribution in [2.24, 2.45) is 0 Å². The molecule has 154 valence electrons. The van der Waals surface area contributed by atoms with Gasteiger partial charge >= 0.3 is 11.2 Å². The van der Waals surface area contributed by atoms with Crippen LogP contribution < -0.4 is 9.64 Å². The number of aromatic nitrogens is 3. The predicted octanol–water partition coefficient (Wildman–Crippen LogP) is 2.04. The second-order valence-electron chi connectivity index (χ2n) is 7.48. The zero-order chi connectivity index (χ0) is 20.6. The number of anilines is 1. The summed E-state index contributed by atoms with van der Waals surface area (Å²) in [5.74, 6) is -0.383. The Kier molecular flexibility index (Phi) is 4.20. The lowest BCUT2D eigenvalue weighted by Crippen LogP contribution is -2.64. The fraction of sp³-hybridized carbons (Fsp3) is 0.529. The molecule has 5 rings (SSSR count). The Morgan fingerprint density at radius 1 is 1.38 bits per heavy atom. The molecule has 2 aromatic rings. The number of halogens is 2. The van der Waals surface area contributed by atoms with Gasteiger partial charge in [-0.2, -0.15) is 15.0 Å². The molecule has 3 aliphatic rings. The molecule has 2 bridgehead atoms. The van der Waals surface area contributed by atoms with Crippen molar-refractivity contribution in [3.8, 4) is 5.88 Å². The summed E-state index contributed by atoms with van der Waals surface area (Å²) in [7, 11) is 0. The maximum Gasteiger partial charge on any atom is 0.407 e. The number of ether oxygens (including phenoxy) is 1. The molecule has 5 unspecified atom stereocenters. The molecule has 3 aliphatic heterocycles. The highest BCUT2D eigenvalue weighted by molar-refractivity contribution is 7.90. The van der Waals surface area contributed by atoms with Crippen LogP contribution in [-0.4, -0.2) is 72.6 Å². The molecule has 5 heterocycles. The normalized spacial score (nSPS) is 28.7. The van der Waals surface area contributed by atoms with Crippen LogP contribution in [0.1, 0.15) is 19.8 Å². The maximum absolute atomic E-state index is 14.8. The molecule has 0 radical (unpaired) electrons. The van der Waals surface area contributed by atoms with Gasteiger partial charge in [-0.05, 0) is 19.8 Å². The number of pyridine rings is 1. The lowest BCUT2D eigenvalue weighted by Gasteiger charge is -2.47. The van der Waals surface area contributed by atoms with Gasteiger partial charge in [0.15, 0.2) is 16.8 Å². The Morgan fingerprint density at radius 2 is 2.14 bits per heavy atom. The Bertz CT molecular complexity index is 1040. The van der Waals surface area contributed by atoms with E-state index in [9.17, 15) is 18.8 Å². The second-order valence-corrected chi connectivity index (χ2v) is 9.11. The number of nitrogens with zero attached hydrogens (tertiary/aromatic N) is 5. The lowest BCUT2D eigenvalue weighted by molar-refractivity contribution is 0.0707. The van der Waals surface area contributed by atoms with Gasteiger partial charge < -0.3 is 19.3 Å². The summed E-state index contributed by atoms with van der Waals surface area (Å²) < 4.78 is 33.0. The van der Waals surface area contributed by atoms with Crippen molar-refractivity contribution in [1.82, 2.24) is 19.9 Å². The van der Waals surface area contributed by atoms with Crippen molar-refractivity contribution >= 4 is 45.6 Å². The van der Waals surface area contributed by atoms with Gasteiger partial charge in [-0.25, -0.2) is 9.18 Å². The average Bonchev–Trinajstić information content (AvgIpc) is 2.92. The first-order valence-electron chi connectivity index (χ1n) is 9.12. The van der Waals surface area contributed by atoms with E-state index >= 15 is 0 Å². The van der Waals surface area contributed by atoms with Crippen LogP contribution in [0.5, 0.6) is 5.88 Å². The van der Waals surface area contributed by atoms with Crippen LogP contribution >= 0.6 is 11.6 Å². The van der Waals surface area contributed by atoms with Crippen molar-refractivity contribution in [3.63, 3.8) is 0 Å². The minimum absolute atomic E-state index is 0.0269. The molecule has 9 nitrogen and oxygen atoms in total. The first-order chi connectivity index (χ1) is 13.8. The Morgan fingerprint density at radius 3 is 2.83 bits per heavy atom. The van der Waals surface area contributed by atoms with Crippen molar-refractivity contribution in [3.05, 3.63) is 11.0 Å². The van der Waals surface area contributed by atoms with E-state index in [0.717, 1.165) is 6.42 Å². The summed E-state index contributed by atoms with van der Waals surface area (Å²) in [4.78, 5) is 27.9. The van der Waals surface area contributed by atoms with Crippen molar-refractivity contribution in [2.75, 3.05) is 17.7 Å². The van der Waals surface area contributed by atoms with Crippen LogP contribution in [0.2, 0.25) is 5.15 Å². The number of fused-ring (bicyclic) bond motifs is 5. The van der Waals surface area contributed by atoms with Gasteiger partial charge in [0.2, 0.25) is 5.88 Å². The molecule has 0 aromatic carbocycles. The summed E-state index contributed by atoms with van der Waals surface area (Å²) in [6.07, 6.45) is 1.38. The van der Waals surface area contributed by atoms with Crippen LogP contribution in [0.25, 0.3) is 10.9 Å². The van der Waals surface area contributed by atoms with Crippen LogP contribution in [0.15, 0.2) is 5.16 Å². The number of amides is 1. The van der Waals surface area contributed by atoms with Crippen molar-refractivity contribution in [2.45, 2.75) is 49.2 Å². The number of hydrogen-bond acceptors (Lipinski definition) is 7. The van der Waals surface area contributed by atoms with Crippen LogP contribution in [-0.2, 0) is 11.2 Å². The molecular weight excluding hydrogens is 425 g/mol. The standard InChI is InChI=1S/C17H17ClFN5O4S/c1-6-12-8-4-3-7(24(8)17(25)26)5-23(12)14-9-11(20-16(22-14)29(2)27)10(19)13(18)21-15(9)28-6/h6-8,12H,3-5H2,1-2H3,(H,25,26). The van der Waals surface area contributed by atoms with Gasteiger partial charge in [-0.15, -0.1) is 0 Å². The molecule has 2 saturated heterocycles. The fourth-order valence-electron chi connectivity index (χ4n) is 4.82. The van der Waals surface area contributed by atoms with Gasteiger partial charge in [0.25, 0.3) is 0 Å². The largest absolute Gasteiger partial charge is 0.609 e. The Balaban J connectivity index is 1.77. The molecule has 1 N–H and O–H groups in total. The van der Waals surface area contributed by atoms with Gasteiger partial charge in [0.1, 0.15) is 23.3 Å². The summed E-state index contributed by atoms with van der Waals surface area (Å²) in [5.41, 5.74) is -0.101. The number of hydrogen-bond donors (Lipinski definition) is 1. The maximum atomic E-state index is 14.8. The third-order valence-electron chi connectivity index (χ3n) is 5.91. The predicted molar refractivity (Wildman–Crippen MR) is 103 cm³/mol. The topological polar surface area (TPSA) is 115 Å². The Labute approximate surface area is 173 Å². The SMILES string of the molecule is CC1Oc2nc(Cl)c(F)c3nc([S+](C)[O-])nc(c23)N2CC3CCC(C12)N3C(=O)O. The second kappa shape index (κ2) is 6.44. The highest BCUT2D eigenvalue weighted by Crippen LogP contribution is 2.45. The van der Waals surface area contributed by atoms with Crippen LogP contribution in [0, 0.1) is 5.82 Å². The van der Waals surface area contributed by atoms with E-state index < -0.39 is 34.3 Å². The molecule has 29 heavy (non-hydrogen) atoms. The molecule has 0 saturated carbocycles. The molecule has 2 fully saturated rings. The number of carboxylic acid groups (broad SMARTS) is 1. The quantitative estimate of drug-likeness (QED) is 0.406.